The number of hydrogen-bond acceptors (Lipinski definition) is 3. The third-order valence-electron chi connectivity index (χ3n) is 7.81. The number of rotatable bonds is 7. The van der Waals surface area contributed by atoms with E-state index in [1.54, 1.807) is 27.1 Å². The van der Waals surface area contributed by atoms with E-state index in [1.807, 2.05) is 4.90 Å². The minimum absolute atomic E-state index is 0.0577. The van der Waals surface area contributed by atoms with Gasteiger partial charge < -0.3 is 14.7 Å². The average Bonchev–Trinajstić information content (AvgIpc) is 2.89. The van der Waals surface area contributed by atoms with Crippen LogP contribution in [0.15, 0.2) is 36.4 Å². The van der Waals surface area contributed by atoms with Crippen LogP contribution in [-0.4, -0.2) is 67.3 Å². The fourth-order valence-electron chi connectivity index (χ4n) is 5.26. The molecule has 0 aliphatic carbocycles. The first-order valence-electron chi connectivity index (χ1n) is 13.1. The van der Waals surface area contributed by atoms with E-state index in [0.29, 0.717) is 49.3 Å². The molecule has 0 bridgehead atoms. The number of alkyl halides is 6. The third-order valence-corrected chi connectivity index (χ3v) is 7.81. The molecule has 0 unspecified atom stereocenters. The molecule has 2 aromatic carbocycles. The second-order valence-corrected chi connectivity index (χ2v) is 10.8. The summed E-state index contributed by atoms with van der Waals surface area (Å²) in [6.45, 7) is 4.35. The lowest BCUT2D eigenvalue weighted by atomic mass is 9.78. The molecule has 1 aliphatic heterocycles. The monoisotopic (exact) mass is 589 g/mol. The van der Waals surface area contributed by atoms with Crippen molar-refractivity contribution in [3.8, 4) is 0 Å². The van der Waals surface area contributed by atoms with Crippen molar-refractivity contribution in [1.82, 2.24) is 14.7 Å². The highest BCUT2D eigenvalue weighted by Gasteiger charge is 2.40. The van der Waals surface area contributed by atoms with Gasteiger partial charge in [-0.1, -0.05) is 6.07 Å². The van der Waals surface area contributed by atoms with Gasteiger partial charge in [-0.15, -0.1) is 0 Å². The summed E-state index contributed by atoms with van der Waals surface area (Å²) in [4.78, 5) is 30.6. The molecule has 3 rings (SSSR count). The number of likely N-dealkylation sites (tertiary alicyclic amines) is 1. The number of aryl methyl sites for hydroxylation is 1. The Hall–Kier alpha value is -3.15. The molecule has 1 aliphatic rings. The molecule has 1 fully saturated rings. The van der Waals surface area contributed by atoms with Crippen LogP contribution in [0.2, 0.25) is 0 Å². The molecule has 0 N–H and O–H groups in total. The standard InChI is InChI=1S/C29H34F7N3O2/c1-17-12-22(30)6-7-23(17)25-16-39(11-9-26(40)37(3)4)10-8-24(25)27(41)38(5)18(2)19-13-20(28(31,32)33)15-21(14-19)29(34,35)36/h6-7,12-15,18,24-25H,8-11,16H2,1-5H3/t18-,24-,25+/m0/s1. The Morgan fingerprint density at radius 1 is 0.976 bits per heavy atom. The van der Waals surface area contributed by atoms with Gasteiger partial charge in [-0.3, -0.25) is 9.59 Å². The van der Waals surface area contributed by atoms with Crippen LogP contribution in [-0.2, 0) is 21.9 Å². The van der Waals surface area contributed by atoms with E-state index in [4.69, 9.17) is 0 Å². The average molecular weight is 590 g/mol. The summed E-state index contributed by atoms with van der Waals surface area (Å²) < 4.78 is 94.6. The van der Waals surface area contributed by atoms with Gasteiger partial charge in [0.25, 0.3) is 0 Å². The molecule has 0 radical (unpaired) electrons. The van der Waals surface area contributed by atoms with Crippen LogP contribution in [0.5, 0.6) is 0 Å². The number of hydrogen-bond donors (Lipinski definition) is 0. The van der Waals surface area contributed by atoms with E-state index in [9.17, 15) is 40.3 Å². The number of halogens is 7. The Bertz CT molecular complexity index is 1230. The van der Waals surface area contributed by atoms with Gasteiger partial charge in [0.05, 0.1) is 17.2 Å². The molecule has 0 spiro atoms. The highest BCUT2D eigenvalue weighted by atomic mass is 19.4. The molecule has 2 aromatic rings. The maximum absolute atomic E-state index is 13.9. The largest absolute Gasteiger partial charge is 0.416 e. The lowest BCUT2D eigenvalue weighted by Gasteiger charge is -2.41. The van der Waals surface area contributed by atoms with Crippen LogP contribution in [0, 0.1) is 18.7 Å². The third kappa shape index (κ3) is 7.78. The highest BCUT2D eigenvalue weighted by molar-refractivity contribution is 5.80. The van der Waals surface area contributed by atoms with Crippen molar-refractivity contribution in [2.24, 2.45) is 5.92 Å². The first-order valence-corrected chi connectivity index (χ1v) is 13.1. The van der Waals surface area contributed by atoms with Gasteiger partial charge in [-0.05, 0) is 73.8 Å². The molecule has 12 heteroatoms. The molecule has 2 amide bonds. The van der Waals surface area contributed by atoms with Gasteiger partial charge in [0.1, 0.15) is 5.82 Å². The summed E-state index contributed by atoms with van der Waals surface area (Å²) in [6.07, 6.45) is -9.42. The number of nitrogens with zero attached hydrogens (tertiary/aromatic N) is 3. The molecular formula is C29H34F7N3O2. The molecule has 0 saturated carbocycles. The van der Waals surface area contributed by atoms with Crippen LogP contribution >= 0.6 is 0 Å². The first kappa shape index (κ1) is 32.4. The summed E-state index contributed by atoms with van der Waals surface area (Å²) in [7, 11) is 4.66. The second kappa shape index (κ2) is 12.4. The van der Waals surface area contributed by atoms with Crippen molar-refractivity contribution >= 4 is 11.8 Å². The Labute approximate surface area is 234 Å². The van der Waals surface area contributed by atoms with E-state index in [2.05, 4.69) is 0 Å². The highest BCUT2D eigenvalue weighted by Crippen LogP contribution is 2.40. The number of carbonyl (C=O) groups excluding carboxylic acids is 2. The Balaban J connectivity index is 1.93. The lowest BCUT2D eigenvalue weighted by Crippen LogP contribution is -2.47. The van der Waals surface area contributed by atoms with Gasteiger partial charge in [-0.25, -0.2) is 4.39 Å². The molecule has 1 heterocycles. The minimum Gasteiger partial charge on any atom is -0.349 e. The summed E-state index contributed by atoms with van der Waals surface area (Å²) in [6, 6.07) is 4.45. The van der Waals surface area contributed by atoms with Crippen LogP contribution in [0.1, 0.15) is 59.5 Å². The zero-order valence-electron chi connectivity index (χ0n) is 23.5. The summed E-state index contributed by atoms with van der Waals surface area (Å²) in [5.74, 6) is -2.06. The number of amides is 2. The van der Waals surface area contributed by atoms with Gasteiger partial charge >= 0.3 is 12.4 Å². The molecular weight excluding hydrogens is 555 g/mol. The molecule has 41 heavy (non-hydrogen) atoms. The zero-order chi connectivity index (χ0) is 30.9. The van der Waals surface area contributed by atoms with E-state index in [1.165, 1.54) is 35.9 Å². The normalized spacial score (nSPS) is 19.1. The molecule has 1 saturated heterocycles. The quantitative estimate of drug-likeness (QED) is 0.358. The summed E-state index contributed by atoms with van der Waals surface area (Å²) in [5.41, 5.74) is -1.86. The molecule has 0 aromatic heterocycles. The number of piperidine rings is 1. The second-order valence-electron chi connectivity index (χ2n) is 10.8. The van der Waals surface area contributed by atoms with Crippen molar-refractivity contribution in [3.05, 3.63) is 70.0 Å². The van der Waals surface area contributed by atoms with Crippen LogP contribution in [0.25, 0.3) is 0 Å². The molecule has 3 atom stereocenters. The zero-order valence-corrected chi connectivity index (χ0v) is 23.5. The van der Waals surface area contributed by atoms with E-state index >= 15 is 0 Å². The molecule has 226 valence electrons. The van der Waals surface area contributed by atoms with E-state index in [-0.39, 0.29) is 24.0 Å². The predicted octanol–water partition coefficient (Wildman–Crippen LogP) is 6.28. The van der Waals surface area contributed by atoms with Crippen molar-refractivity contribution in [2.75, 3.05) is 40.8 Å². The van der Waals surface area contributed by atoms with Crippen molar-refractivity contribution in [2.45, 2.75) is 51.0 Å². The van der Waals surface area contributed by atoms with Crippen molar-refractivity contribution < 1.29 is 40.3 Å². The minimum atomic E-state index is -5.01. The van der Waals surface area contributed by atoms with Gasteiger partial charge in [0.15, 0.2) is 0 Å². The van der Waals surface area contributed by atoms with Gasteiger partial charge in [0.2, 0.25) is 11.8 Å². The molecule has 5 nitrogen and oxygen atoms in total. The summed E-state index contributed by atoms with van der Waals surface area (Å²) in [5, 5.41) is 0. The number of carbonyl (C=O) groups is 2. The summed E-state index contributed by atoms with van der Waals surface area (Å²) >= 11 is 0. The fourth-order valence-corrected chi connectivity index (χ4v) is 5.26. The maximum Gasteiger partial charge on any atom is 0.416 e. The maximum atomic E-state index is 13.9. The SMILES string of the molecule is Cc1cc(F)ccc1[C@H]1CN(CCC(=O)N(C)C)CC[C@@H]1C(=O)N(C)[C@@H](C)c1cc(C(F)(F)F)cc(C(F)(F)F)c1. The van der Waals surface area contributed by atoms with Crippen molar-refractivity contribution in [3.63, 3.8) is 0 Å². The van der Waals surface area contributed by atoms with Crippen molar-refractivity contribution in [1.29, 1.82) is 0 Å². The Kier molecular flexibility index (Phi) is 9.77. The van der Waals surface area contributed by atoms with Gasteiger partial charge in [-0.2, -0.15) is 26.3 Å². The first-order chi connectivity index (χ1) is 18.9. The van der Waals surface area contributed by atoms with Crippen LogP contribution < -0.4 is 0 Å². The van der Waals surface area contributed by atoms with Gasteiger partial charge in [0, 0.05) is 52.5 Å². The number of benzene rings is 2. The Morgan fingerprint density at radius 2 is 1.56 bits per heavy atom. The van der Waals surface area contributed by atoms with Crippen LogP contribution in [0.4, 0.5) is 30.7 Å². The smallest absolute Gasteiger partial charge is 0.349 e. The van der Waals surface area contributed by atoms with E-state index in [0.717, 1.165) is 0 Å². The van der Waals surface area contributed by atoms with Crippen LogP contribution in [0.3, 0.4) is 0 Å². The Morgan fingerprint density at radius 3 is 2.07 bits per heavy atom. The lowest BCUT2D eigenvalue weighted by molar-refractivity contribution is -0.143. The predicted molar refractivity (Wildman–Crippen MR) is 139 cm³/mol. The fraction of sp³-hybridized carbons (Fsp3) is 0.517. The van der Waals surface area contributed by atoms with E-state index < -0.39 is 53.1 Å². The topological polar surface area (TPSA) is 43.9 Å².